The molecule has 0 aromatic heterocycles. The van der Waals surface area contributed by atoms with Crippen LogP contribution in [0, 0.1) is 11.3 Å². The first-order valence-electron chi connectivity index (χ1n) is 11.4. The van der Waals surface area contributed by atoms with E-state index in [-0.39, 0.29) is 19.5 Å². The van der Waals surface area contributed by atoms with E-state index in [2.05, 4.69) is 5.32 Å². The molecule has 0 aliphatic carbocycles. The first-order chi connectivity index (χ1) is 15.7. The molecule has 0 bridgehead atoms. The second kappa shape index (κ2) is 11.1. The summed E-state index contributed by atoms with van der Waals surface area (Å²) in [5, 5.41) is 10.6. The van der Waals surface area contributed by atoms with Crippen LogP contribution >= 0.6 is 0 Å². The Morgan fingerprint density at radius 1 is 0.914 bits per heavy atom. The molecule has 0 aromatic rings. The van der Waals surface area contributed by atoms with E-state index >= 15 is 0 Å². The zero-order chi connectivity index (χ0) is 27.4. The van der Waals surface area contributed by atoms with E-state index < -0.39 is 59.0 Å². The average molecular weight is 501 g/mol. The SMILES string of the molecule is COC(=O)[C@@H]1C[C@@H](CN(C(=N)NC(=O)OC(C)(C)C)C(=O)OC(C)(C)C)CN1C(=O)OC(C)(C)C. The lowest BCUT2D eigenvalue weighted by atomic mass is 10.1. The van der Waals surface area contributed by atoms with E-state index in [1.165, 1.54) is 12.0 Å². The summed E-state index contributed by atoms with van der Waals surface area (Å²) in [4.78, 5) is 52.4. The van der Waals surface area contributed by atoms with Gasteiger partial charge in [0.15, 0.2) is 0 Å². The van der Waals surface area contributed by atoms with Crippen molar-refractivity contribution in [3.8, 4) is 0 Å². The number of hydrogen-bond donors (Lipinski definition) is 2. The number of rotatable bonds is 3. The first-order valence-corrected chi connectivity index (χ1v) is 11.4. The van der Waals surface area contributed by atoms with Gasteiger partial charge in [-0.2, -0.15) is 0 Å². The van der Waals surface area contributed by atoms with Gasteiger partial charge in [0.05, 0.1) is 7.11 Å². The molecule has 0 saturated carbocycles. The molecule has 1 fully saturated rings. The second-order valence-electron chi connectivity index (χ2n) is 11.3. The minimum Gasteiger partial charge on any atom is -0.467 e. The Hall–Kier alpha value is -3.05. The van der Waals surface area contributed by atoms with Crippen LogP contribution in [0.15, 0.2) is 0 Å². The second-order valence-corrected chi connectivity index (χ2v) is 11.3. The molecule has 1 aliphatic rings. The summed E-state index contributed by atoms with van der Waals surface area (Å²) in [6, 6.07) is -0.923. The first kappa shape index (κ1) is 30.0. The maximum Gasteiger partial charge on any atom is 0.417 e. The molecule has 0 spiro atoms. The topological polar surface area (TPSA) is 148 Å². The number of alkyl carbamates (subject to hydrolysis) is 1. The van der Waals surface area contributed by atoms with Crippen LogP contribution in [0.1, 0.15) is 68.7 Å². The predicted octanol–water partition coefficient (Wildman–Crippen LogP) is 3.48. The summed E-state index contributed by atoms with van der Waals surface area (Å²) < 4.78 is 20.8. The van der Waals surface area contributed by atoms with Crippen LogP contribution in [-0.4, -0.2) is 83.1 Å². The lowest BCUT2D eigenvalue weighted by Crippen LogP contribution is -2.51. The fourth-order valence-corrected chi connectivity index (χ4v) is 3.24. The number of nitrogens with zero attached hydrogens (tertiary/aromatic N) is 2. The van der Waals surface area contributed by atoms with Gasteiger partial charge in [-0.1, -0.05) is 0 Å². The molecule has 3 amide bonds. The summed E-state index contributed by atoms with van der Waals surface area (Å²) >= 11 is 0. The third-order valence-corrected chi connectivity index (χ3v) is 4.43. The van der Waals surface area contributed by atoms with Crippen LogP contribution in [-0.2, 0) is 23.7 Å². The minimum atomic E-state index is -0.923. The van der Waals surface area contributed by atoms with Gasteiger partial charge in [0.25, 0.3) is 0 Å². The van der Waals surface area contributed by atoms with E-state index in [4.69, 9.17) is 24.4 Å². The summed E-state index contributed by atoms with van der Waals surface area (Å²) in [6.07, 6.45) is -2.32. The van der Waals surface area contributed by atoms with Crippen molar-refractivity contribution in [3.63, 3.8) is 0 Å². The Labute approximate surface area is 207 Å². The van der Waals surface area contributed by atoms with Crippen LogP contribution in [0.2, 0.25) is 0 Å². The van der Waals surface area contributed by atoms with Crippen molar-refractivity contribution in [1.29, 1.82) is 5.41 Å². The number of nitrogens with one attached hydrogen (secondary N) is 2. The van der Waals surface area contributed by atoms with Crippen LogP contribution < -0.4 is 5.32 Å². The number of hydrogen-bond acceptors (Lipinski definition) is 9. The number of carbonyl (C=O) groups excluding carboxylic acids is 4. The van der Waals surface area contributed by atoms with Crippen molar-refractivity contribution >= 4 is 30.2 Å². The fraction of sp³-hybridized carbons (Fsp3) is 0.783. The lowest BCUT2D eigenvalue weighted by Gasteiger charge is -2.30. The minimum absolute atomic E-state index is 0.0632. The highest BCUT2D eigenvalue weighted by Gasteiger charge is 2.44. The van der Waals surface area contributed by atoms with Gasteiger partial charge in [-0.25, -0.2) is 24.1 Å². The molecule has 12 nitrogen and oxygen atoms in total. The van der Waals surface area contributed by atoms with Gasteiger partial charge in [0, 0.05) is 13.1 Å². The number of amides is 3. The molecule has 12 heteroatoms. The molecule has 0 unspecified atom stereocenters. The molecule has 1 rings (SSSR count). The van der Waals surface area contributed by atoms with Gasteiger partial charge < -0.3 is 18.9 Å². The van der Waals surface area contributed by atoms with Crippen molar-refractivity contribution in [2.75, 3.05) is 20.2 Å². The molecule has 200 valence electrons. The normalized spacial score (nSPS) is 18.4. The number of guanidine groups is 1. The van der Waals surface area contributed by atoms with Crippen molar-refractivity contribution in [3.05, 3.63) is 0 Å². The van der Waals surface area contributed by atoms with Crippen LogP contribution in [0.25, 0.3) is 0 Å². The quantitative estimate of drug-likeness (QED) is 0.259. The van der Waals surface area contributed by atoms with Gasteiger partial charge in [-0.05, 0) is 74.7 Å². The summed E-state index contributed by atoms with van der Waals surface area (Å²) in [6.45, 7) is 15.1. The number of esters is 1. The molecular formula is C23H40N4O8. The summed E-state index contributed by atoms with van der Waals surface area (Å²) in [5.41, 5.74) is -2.46. The highest BCUT2D eigenvalue weighted by molar-refractivity contribution is 5.99. The highest BCUT2D eigenvalue weighted by atomic mass is 16.6. The largest absolute Gasteiger partial charge is 0.467 e. The molecule has 1 saturated heterocycles. The number of ether oxygens (including phenoxy) is 4. The van der Waals surface area contributed by atoms with E-state index in [0.717, 1.165) is 4.90 Å². The summed E-state index contributed by atoms with van der Waals surface area (Å²) in [5.74, 6) is -1.62. The molecule has 1 aliphatic heterocycles. The zero-order valence-electron chi connectivity index (χ0n) is 22.4. The molecule has 35 heavy (non-hydrogen) atoms. The number of likely N-dealkylation sites (tertiary alicyclic amines) is 1. The van der Waals surface area contributed by atoms with Crippen molar-refractivity contribution in [2.24, 2.45) is 5.92 Å². The van der Waals surface area contributed by atoms with Gasteiger partial charge in [0.1, 0.15) is 22.8 Å². The van der Waals surface area contributed by atoms with E-state index in [1.807, 2.05) is 0 Å². The molecule has 2 N–H and O–H groups in total. The highest BCUT2D eigenvalue weighted by Crippen LogP contribution is 2.28. The van der Waals surface area contributed by atoms with Gasteiger partial charge in [0.2, 0.25) is 5.96 Å². The fourth-order valence-electron chi connectivity index (χ4n) is 3.24. The molecule has 0 aromatic carbocycles. The van der Waals surface area contributed by atoms with Crippen LogP contribution in [0.4, 0.5) is 14.4 Å². The van der Waals surface area contributed by atoms with Crippen molar-refractivity contribution < 1.29 is 38.1 Å². The van der Waals surface area contributed by atoms with Crippen molar-refractivity contribution in [2.45, 2.75) is 91.6 Å². The maximum absolute atomic E-state index is 12.9. The maximum atomic E-state index is 12.9. The Morgan fingerprint density at radius 3 is 1.89 bits per heavy atom. The molecule has 0 radical (unpaired) electrons. The average Bonchev–Trinajstić information content (AvgIpc) is 3.05. The summed E-state index contributed by atoms with van der Waals surface area (Å²) in [7, 11) is 1.22. The third kappa shape index (κ3) is 10.4. The van der Waals surface area contributed by atoms with Gasteiger partial charge in [-0.3, -0.25) is 15.6 Å². The smallest absolute Gasteiger partial charge is 0.417 e. The number of carbonyl (C=O) groups is 4. The molecule has 2 atom stereocenters. The zero-order valence-corrected chi connectivity index (χ0v) is 22.4. The lowest BCUT2D eigenvalue weighted by molar-refractivity contribution is -0.145. The van der Waals surface area contributed by atoms with Crippen LogP contribution in [0.5, 0.6) is 0 Å². The van der Waals surface area contributed by atoms with Gasteiger partial charge in [-0.15, -0.1) is 0 Å². The Kier molecular flexibility index (Phi) is 9.53. The predicted molar refractivity (Wildman–Crippen MR) is 127 cm³/mol. The monoisotopic (exact) mass is 500 g/mol. The van der Waals surface area contributed by atoms with Crippen molar-refractivity contribution in [1.82, 2.24) is 15.1 Å². The van der Waals surface area contributed by atoms with E-state index in [1.54, 1.807) is 62.3 Å². The van der Waals surface area contributed by atoms with Crippen LogP contribution in [0.3, 0.4) is 0 Å². The van der Waals surface area contributed by atoms with E-state index in [0.29, 0.717) is 0 Å². The molecule has 1 heterocycles. The van der Waals surface area contributed by atoms with E-state index in [9.17, 15) is 19.2 Å². The standard InChI is InChI=1S/C23H40N4O8/c1-21(2,3)33-18(29)25-17(24)27(20(31)35-23(7,8)9)13-14-11-15(16(28)32-10)26(12-14)19(30)34-22(4,5)6/h14-15H,11-13H2,1-10H3,(H2,24,25,29)/t14-,15+/m1/s1. The Bertz CT molecular complexity index is 823. The Balaban J connectivity index is 3.13. The Morgan fingerprint density at radius 2 is 1.43 bits per heavy atom. The van der Waals surface area contributed by atoms with Gasteiger partial charge >= 0.3 is 24.2 Å². The third-order valence-electron chi connectivity index (χ3n) is 4.43. The number of methoxy groups -OCH3 is 1. The molecular weight excluding hydrogens is 460 g/mol.